The molecule has 0 aliphatic rings. The van der Waals surface area contributed by atoms with Gasteiger partial charge in [0.2, 0.25) is 0 Å². The molecule has 0 aliphatic heterocycles. The molecule has 0 bridgehead atoms. The number of nitrogens with zero attached hydrogens (tertiary/aromatic N) is 2. The lowest BCUT2D eigenvalue weighted by Crippen LogP contribution is -2.41. The minimum atomic E-state index is -4.52. The second kappa shape index (κ2) is 9.56. The second-order valence-corrected chi connectivity index (χ2v) is 7.92. The zero-order valence-corrected chi connectivity index (χ0v) is 18.4. The van der Waals surface area contributed by atoms with Crippen LogP contribution in [0.25, 0.3) is 16.6 Å². The molecule has 2 heterocycles. The molecule has 0 fully saturated rings. The second-order valence-electron chi connectivity index (χ2n) is 7.92. The number of benzene rings is 2. The summed E-state index contributed by atoms with van der Waals surface area (Å²) in [4.78, 5) is 38.8. The molecule has 1 amide bonds. The molecule has 2 aromatic heterocycles. The van der Waals surface area contributed by atoms with Crippen LogP contribution in [0.4, 0.5) is 24.7 Å². The number of anilines is 2. The van der Waals surface area contributed by atoms with Gasteiger partial charge in [-0.05, 0) is 61.0 Å². The molecule has 0 aliphatic carbocycles. The van der Waals surface area contributed by atoms with Crippen LogP contribution in [0.15, 0.2) is 60.8 Å². The van der Waals surface area contributed by atoms with E-state index in [1.807, 2.05) is 0 Å². The number of amides is 1. The highest BCUT2D eigenvalue weighted by Crippen LogP contribution is 2.32. The van der Waals surface area contributed by atoms with Gasteiger partial charge in [0.05, 0.1) is 22.1 Å². The quantitative estimate of drug-likeness (QED) is 0.284. The number of aromatic nitrogens is 2. The van der Waals surface area contributed by atoms with E-state index >= 15 is 0 Å². The fourth-order valence-corrected chi connectivity index (χ4v) is 3.66. The van der Waals surface area contributed by atoms with E-state index in [0.29, 0.717) is 22.5 Å². The van der Waals surface area contributed by atoms with Gasteiger partial charge in [-0.25, -0.2) is 9.78 Å². The molecule has 4 N–H and O–H groups in total. The van der Waals surface area contributed by atoms with Crippen LogP contribution in [0.1, 0.15) is 28.8 Å². The fourth-order valence-electron chi connectivity index (χ4n) is 3.66. The number of carboxylic acids is 2. The van der Waals surface area contributed by atoms with Crippen molar-refractivity contribution in [3.63, 3.8) is 0 Å². The third-order valence-corrected chi connectivity index (χ3v) is 5.45. The third kappa shape index (κ3) is 5.22. The maximum Gasteiger partial charge on any atom is 0.416 e. The van der Waals surface area contributed by atoms with Crippen LogP contribution in [-0.4, -0.2) is 43.5 Å². The Labute approximate surface area is 201 Å². The summed E-state index contributed by atoms with van der Waals surface area (Å²) < 4.78 is 41.2. The maximum atomic E-state index is 13.2. The van der Waals surface area contributed by atoms with E-state index in [0.717, 1.165) is 12.1 Å². The van der Waals surface area contributed by atoms with Gasteiger partial charge in [-0.3, -0.25) is 9.59 Å². The highest BCUT2D eigenvalue weighted by molar-refractivity contribution is 5.97. The molecular weight excluding hydrogens is 481 g/mol. The molecule has 36 heavy (non-hydrogen) atoms. The monoisotopic (exact) mass is 500 g/mol. The van der Waals surface area contributed by atoms with Gasteiger partial charge in [0.25, 0.3) is 5.91 Å². The largest absolute Gasteiger partial charge is 0.481 e. The van der Waals surface area contributed by atoms with Gasteiger partial charge in [0.15, 0.2) is 5.82 Å². The summed E-state index contributed by atoms with van der Waals surface area (Å²) in [6.45, 7) is 0. The van der Waals surface area contributed by atoms with Crippen molar-refractivity contribution in [2.24, 2.45) is 0 Å². The Morgan fingerprint density at radius 1 is 1.00 bits per heavy atom. The Morgan fingerprint density at radius 2 is 1.72 bits per heavy atom. The van der Waals surface area contributed by atoms with Crippen molar-refractivity contribution in [1.29, 1.82) is 0 Å². The van der Waals surface area contributed by atoms with Crippen LogP contribution in [-0.2, 0) is 15.8 Å². The average molecular weight is 500 g/mol. The summed E-state index contributed by atoms with van der Waals surface area (Å²) in [5, 5.41) is 23.3. The number of rotatable bonds is 8. The van der Waals surface area contributed by atoms with Crippen molar-refractivity contribution in [3.05, 3.63) is 71.9 Å². The predicted molar refractivity (Wildman–Crippen MR) is 123 cm³/mol. The highest BCUT2D eigenvalue weighted by Gasteiger charge is 2.31. The molecule has 2 aromatic carbocycles. The summed E-state index contributed by atoms with van der Waals surface area (Å²) in [6, 6.07) is 11.3. The van der Waals surface area contributed by atoms with E-state index < -0.39 is 42.0 Å². The number of aliphatic carboxylic acids is 2. The van der Waals surface area contributed by atoms with Crippen molar-refractivity contribution in [1.82, 2.24) is 14.7 Å². The number of carboxylic acid groups (broad SMARTS) is 2. The van der Waals surface area contributed by atoms with Crippen molar-refractivity contribution < 1.29 is 37.8 Å². The lowest BCUT2D eigenvalue weighted by Gasteiger charge is -2.14. The van der Waals surface area contributed by atoms with Crippen LogP contribution >= 0.6 is 0 Å². The van der Waals surface area contributed by atoms with Crippen LogP contribution in [0.2, 0.25) is 0 Å². The SMILES string of the molecule is O=C(O)CCC(NC(=O)c1ccc(Nc2nc3cc(C(F)(F)F)ccc3n3cccc23)cc1)C(=O)O. The first-order valence-corrected chi connectivity index (χ1v) is 10.6. The lowest BCUT2D eigenvalue weighted by atomic mass is 10.1. The molecule has 186 valence electrons. The van der Waals surface area contributed by atoms with Crippen LogP contribution in [0.5, 0.6) is 0 Å². The summed E-state index contributed by atoms with van der Waals surface area (Å²) in [5.41, 5.74) is 1.04. The molecule has 0 saturated heterocycles. The van der Waals surface area contributed by atoms with Gasteiger partial charge < -0.3 is 25.2 Å². The molecule has 4 aromatic rings. The van der Waals surface area contributed by atoms with Gasteiger partial charge >= 0.3 is 18.1 Å². The number of carbonyl (C=O) groups is 3. The number of halogens is 3. The normalized spacial score (nSPS) is 12.4. The van der Waals surface area contributed by atoms with E-state index in [1.165, 1.54) is 30.3 Å². The van der Waals surface area contributed by atoms with Crippen LogP contribution in [0, 0.1) is 0 Å². The first-order chi connectivity index (χ1) is 17.0. The summed E-state index contributed by atoms with van der Waals surface area (Å²) in [6.07, 6.45) is -3.50. The van der Waals surface area contributed by atoms with E-state index in [4.69, 9.17) is 5.11 Å². The van der Waals surface area contributed by atoms with Gasteiger partial charge in [-0.2, -0.15) is 13.2 Å². The number of nitrogens with one attached hydrogen (secondary N) is 2. The van der Waals surface area contributed by atoms with Gasteiger partial charge in [-0.15, -0.1) is 0 Å². The number of carbonyl (C=O) groups excluding carboxylic acids is 1. The maximum absolute atomic E-state index is 13.2. The van der Waals surface area contributed by atoms with E-state index in [1.54, 1.807) is 22.7 Å². The van der Waals surface area contributed by atoms with Gasteiger partial charge in [0, 0.05) is 23.9 Å². The van der Waals surface area contributed by atoms with Crippen molar-refractivity contribution in [2.45, 2.75) is 25.1 Å². The molecular formula is C24H19F3N4O5. The van der Waals surface area contributed by atoms with Gasteiger partial charge in [-0.1, -0.05) is 0 Å². The number of alkyl halides is 3. The Bertz CT molecular complexity index is 1460. The number of hydrogen-bond acceptors (Lipinski definition) is 5. The number of fused-ring (bicyclic) bond motifs is 3. The Morgan fingerprint density at radius 3 is 2.36 bits per heavy atom. The standard InChI is InChI=1S/C24H19F3N4O5/c25-24(26,27)14-5-9-18-17(12-14)29-21(19-2-1-11-31(18)19)28-15-6-3-13(4-7-15)22(34)30-16(23(35)36)8-10-20(32)33/h1-7,9,11-12,16H,8,10H2,(H,28,29)(H,30,34)(H,32,33)(H,35,36). The van der Waals surface area contributed by atoms with Crippen LogP contribution in [0.3, 0.4) is 0 Å². The van der Waals surface area contributed by atoms with E-state index in [-0.39, 0.29) is 17.5 Å². The fraction of sp³-hybridized carbons (Fsp3) is 0.167. The zero-order chi connectivity index (χ0) is 26.0. The Kier molecular flexibility index (Phi) is 6.51. The molecule has 1 unspecified atom stereocenters. The zero-order valence-electron chi connectivity index (χ0n) is 18.4. The molecule has 4 rings (SSSR count). The summed E-state index contributed by atoms with van der Waals surface area (Å²) >= 11 is 0. The predicted octanol–water partition coefficient (Wildman–Crippen LogP) is 4.30. The smallest absolute Gasteiger partial charge is 0.416 e. The Balaban J connectivity index is 1.57. The van der Waals surface area contributed by atoms with Crippen molar-refractivity contribution in [2.75, 3.05) is 5.32 Å². The lowest BCUT2D eigenvalue weighted by molar-refractivity contribution is -0.141. The third-order valence-electron chi connectivity index (χ3n) is 5.45. The van der Waals surface area contributed by atoms with Crippen molar-refractivity contribution >= 4 is 45.9 Å². The van der Waals surface area contributed by atoms with E-state index in [2.05, 4.69) is 15.6 Å². The van der Waals surface area contributed by atoms with E-state index in [9.17, 15) is 32.7 Å². The average Bonchev–Trinajstić information content (AvgIpc) is 3.31. The minimum absolute atomic E-state index is 0.132. The first kappa shape index (κ1) is 24.5. The molecule has 12 heteroatoms. The molecule has 9 nitrogen and oxygen atoms in total. The number of hydrogen-bond donors (Lipinski definition) is 4. The van der Waals surface area contributed by atoms with Crippen LogP contribution < -0.4 is 10.6 Å². The first-order valence-electron chi connectivity index (χ1n) is 10.6. The molecule has 0 spiro atoms. The molecule has 0 saturated carbocycles. The minimum Gasteiger partial charge on any atom is -0.481 e. The van der Waals surface area contributed by atoms with Gasteiger partial charge in [0.1, 0.15) is 6.04 Å². The highest BCUT2D eigenvalue weighted by atomic mass is 19.4. The molecule has 0 radical (unpaired) electrons. The molecule has 1 atom stereocenters. The Hall–Kier alpha value is -4.61. The summed E-state index contributed by atoms with van der Waals surface area (Å²) in [5.74, 6) is -2.93. The van der Waals surface area contributed by atoms with Crippen molar-refractivity contribution in [3.8, 4) is 0 Å². The topological polar surface area (TPSA) is 133 Å². The summed E-state index contributed by atoms with van der Waals surface area (Å²) in [7, 11) is 0.